The lowest BCUT2D eigenvalue weighted by Gasteiger charge is -2.10. The fourth-order valence-corrected chi connectivity index (χ4v) is 4.27. The van der Waals surface area contributed by atoms with Crippen molar-refractivity contribution >= 4 is 23.4 Å². The Morgan fingerprint density at radius 1 is 1.09 bits per heavy atom. The highest BCUT2D eigenvalue weighted by atomic mass is 35.5. The van der Waals surface area contributed by atoms with Gasteiger partial charge in [-0.1, -0.05) is 71.8 Å². The van der Waals surface area contributed by atoms with Gasteiger partial charge in [0.05, 0.1) is 10.8 Å². The molecular formula is C23H24ClN5O2S. The van der Waals surface area contributed by atoms with Crippen LogP contribution in [0.1, 0.15) is 24.8 Å². The van der Waals surface area contributed by atoms with Crippen LogP contribution in [0.2, 0.25) is 5.02 Å². The van der Waals surface area contributed by atoms with Crippen LogP contribution >= 0.6 is 23.4 Å². The van der Waals surface area contributed by atoms with Crippen molar-refractivity contribution in [2.24, 2.45) is 0 Å². The Bertz CT molecular complexity index is 1160. The predicted molar refractivity (Wildman–Crippen MR) is 126 cm³/mol. The average molecular weight is 470 g/mol. The Hall–Kier alpha value is -2.68. The molecule has 0 atom stereocenters. The summed E-state index contributed by atoms with van der Waals surface area (Å²) in [7, 11) is 1.69. The van der Waals surface area contributed by atoms with E-state index in [1.54, 1.807) is 7.11 Å². The van der Waals surface area contributed by atoms with E-state index in [0.29, 0.717) is 35.6 Å². The van der Waals surface area contributed by atoms with E-state index in [1.165, 1.54) is 17.3 Å². The maximum absolute atomic E-state index is 6.41. The maximum Gasteiger partial charge on any atom is 0.237 e. The number of aryl methyl sites for hydroxylation is 1. The van der Waals surface area contributed by atoms with Gasteiger partial charge >= 0.3 is 0 Å². The van der Waals surface area contributed by atoms with E-state index in [0.717, 1.165) is 34.9 Å². The molecule has 0 saturated carbocycles. The molecule has 32 heavy (non-hydrogen) atoms. The number of ether oxygens (including phenoxy) is 1. The maximum atomic E-state index is 6.41. The van der Waals surface area contributed by atoms with E-state index in [4.69, 9.17) is 20.9 Å². The standard InChI is InChI=1S/C23H24ClN5O2S/c1-3-16-9-11-17(12-10-16)21-25-20(31-28-21)15-32-23-27-26-22(29(23)13-6-14-30-2)18-7-4-5-8-19(18)24/h4-5,7-12H,3,6,13-15H2,1-2H3. The summed E-state index contributed by atoms with van der Waals surface area (Å²) in [5, 5.41) is 14.3. The quantitative estimate of drug-likeness (QED) is 0.223. The molecule has 0 aliphatic rings. The lowest BCUT2D eigenvalue weighted by atomic mass is 10.1. The number of benzene rings is 2. The van der Waals surface area contributed by atoms with Crippen LogP contribution in [0.5, 0.6) is 0 Å². The third kappa shape index (κ3) is 5.20. The third-order valence-electron chi connectivity index (χ3n) is 4.97. The molecule has 166 valence electrons. The van der Waals surface area contributed by atoms with Crippen molar-refractivity contribution in [2.45, 2.75) is 37.2 Å². The Labute approximate surface area is 196 Å². The molecule has 0 N–H and O–H groups in total. The first kappa shape index (κ1) is 22.5. The number of aromatic nitrogens is 5. The van der Waals surface area contributed by atoms with E-state index >= 15 is 0 Å². The number of hydrogen-bond donors (Lipinski definition) is 0. The second kappa shape index (κ2) is 10.8. The van der Waals surface area contributed by atoms with Gasteiger partial charge in [-0.25, -0.2) is 0 Å². The molecule has 2 aromatic heterocycles. The monoisotopic (exact) mass is 469 g/mol. The number of rotatable bonds is 10. The van der Waals surface area contributed by atoms with Crippen LogP contribution < -0.4 is 0 Å². The molecule has 0 aliphatic carbocycles. The first-order valence-electron chi connectivity index (χ1n) is 10.4. The Morgan fingerprint density at radius 3 is 2.66 bits per heavy atom. The van der Waals surface area contributed by atoms with Crippen LogP contribution in [0, 0.1) is 0 Å². The van der Waals surface area contributed by atoms with Gasteiger partial charge in [-0.3, -0.25) is 0 Å². The summed E-state index contributed by atoms with van der Waals surface area (Å²) in [5.41, 5.74) is 3.06. The van der Waals surface area contributed by atoms with Gasteiger partial charge in [0.25, 0.3) is 0 Å². The van der Waals surface area contributed by atoms with Gasteiger partial charge in [0.15, 0.2) is 11.0 Å². The average Bonchev–Trinajstić information content (AvgIpc) is 3.45. The van der Waals surface area contributed by atoms with Gasteiger partial charge < -0.3 is 13.8 Å². The molecule has 0 unspecified atom stereocenters. The summed E-state index contributed by atoms with van der Waals surface area (Å²) in [5.74, 6) is 2.35. The third-order valence-corrected chi connectivity index (χ3v) is 6.26. The molecule has 0 spiro atoms. The van der Waals surface area contributed by atoms with E-state index in [2.05, 4.69) is 44.0 Å². The number of nitrogens with zero attached hydrogens (tertiary/aromatic N) is 5. The number of thioether (sulfide) groups is 1. The van der Waals surface area contributed by atoms with Crippen LogP contribution in [0.3, 0.4) is 0 Å². The molecule has 4 rings (SSSR count). The fraction of sp³-hybridized carbons (Fsp3) is 0.304. The largest absolute Gasteiger partial charge is 0.385 e. The van der Waals surface area contributed by atoms with E-state index in [9.17, 15) is 0 Å². The summed E-state index contributed by atoms with van der Waals surface area (Å²) in [4.78, 5) is 4.54. The van der Waals surface area contributed by atoms with Gasteiger partial charge in [-0.2, -0.15) is 4.98 Å². The van der Waals surface area contributed by atoms with Gasteiger partial charge in [0, 0.05) is 31.4 Å². The van der Waals surface area contributed by atoms with Crippen molar-refractivity contribution in [1.29, 1.82) is 0 Å². The number of methoxy groups -OCH3 is 1. The van der Waals surface area contributed by atoms with Crippen LogP contribution in [0.25, 0.3) is 22.8 Å². The minimum absolute atomic E-state index is 0.491. The van der Waals surface area contributed by atoms with Gasteiger partial charge in [-0.15, -0.1) is 10.2 Å². The molecule has 0 aliphatic heterocycles. The number of halogens is 1. The van der Waals surface area contributed by atoms with Crippen molar-refractivity contribution in [2.75, 3.05) is 13.7 Å². The summed E-state index contributed by atoms with van der Waals surface area (Å²) in [6, 6.07) is 15.8. The minimum atomic E-state index is 0.491. The van der Waals surface area contributed by atoms with Crippen molar-refractivity contribution in [3.8, 4) is 22.8 Å². The van der Waals surface area contributed by atoms with Crippen LogP contribution in [-0.2, 0) is 23.5 Å². The molecule has 0 radical (unpaired) electrons. The number of hydrogen-bond acceptors (Lipinski definition) is 7. The van der Waals surface area contributed by atoms with Crippen LogP contribution in [0.15, 0.2) is 58.2 Å². The lowest BCUT2D eigenvalue weighted by molar-refractivity contribution is 0.189. The zero-order chi connectivity index (χ0) is 22.3. The highest BCUT2D eigenvalue weighted by Gasteiger charge is 2.18. The molecular weight excluding hydrogens is 446 g/mol. The first-order valence-corrected chi connectivity index (χ1v) is 11.8. The predicted octanol–water partition coefficient (Wildman–Crippen LogP) is 5.54. The molecule has 0 amide bonds. The zero-order valence-electron chi connectivity index (χ0n) is 18.0. The highest BCUT2D eigenvalue weighted by Crippen LogP contribution is 2.30. The van der Waals surface area contributed by atoms with Gasteiger partial charge in [-0.05, 0) is 30.5 Å². The summed E-state index contributed by atoms with van der Waals surface area (Å²) in [6.07, 6.45) is 1.83. The van der Waals surface area contributed by atoms with Crippen molar-refractivity contribution in [3.05, 3.63) is 65.0 Å². The smallest absolute Gasteiger partial charge is 0.237 e. The first-order chi connectivity index (χ1) is 15.7. The second-order valence-corrected chi connectivity index (χ2v) is 8.48. The molecule has 0 bridgehead atoms. The van der Waals surface area contributed by atoms with Crippen LogP contribution in [0.4, 0.5) is 0 Å². The van der Waals surface area contributed by atoms with E-state index < -0.39 is 0 Å². The zero-order valence-corrected chi connectivity index (χ0v) is 19.6. The lowest BCUT2D eigenvalue weighted by Crippen LogP contribution is -2.05. The normalized spacial score (nSPS) is 11.2. The highest BCUT2D eigenvalue weighted by molar-refractivity contribution is 7.98. The molecule has 2 aromatic carbocycles. The molecule has 2 heterocycles. The Kier molecular flexibility index (Phi) is 7.57. The Balaban J connectivity index is 1.51. The molecule has 0 saturated heterocycles. The van der Waals surface area contributed by atoms with E-state index in [-0.39, 0.29) is 0 Å². The molecule has 9 heteroatoms. The minimum Gasteiger partial charge on any atom is -0.385 e. The fourth-order valence-electron chi connectivity index (χ4n) is 3.25. The van der Waals surface area contributed by atoms with Gasteiger partial charge in [0.1, 0.15) is 0 Å². The molecule has 4 aromatic rings. The van der Waals surface area contributed by atoms with Crippen LogP contribution in [-0.4, -0.2) is 38.6 Å². The summed E-state index contributed by atoms with van der Waals surface area (Å²) >= 11 is 7.91. The summed E-state index contributed by atoms with van der Waals surface area (Å²) < 4.78 is 12.7. The van der Waals surface area contributed by atoms with E-state index in [1.807, 2.05) is 36.4 Å². The van der Waals surface area contributed by atoms with Crippen molar-refractivity contribution in [3.63, 3.8) is 0 Å². The SMILES string of the molecule is CCc1ccc(-c2noc(CSc3nnc(-c4ccccc4Cl)n3CCCOC)n2)cc1. The molecule has 0 fully saturated rings. The van der Waals surface area contributed by atoms with Crippen molar-refractivity contribution in [1.82, 2.24) is 24.9 Å². The Morgan fingerprint density at radius 2 is 1.91 bits per heavy atom. The topological polar surface area (TPSA) is 78.9 Å². The second-order valence-electron chi connectivity index (χ2n) is 7.13. The van der Waals surface area contributed by atoms with Gasteiger partial charge in [0.2, 0.25) is 11.7 Å². The molecule has 7 nitrogen and oxygen atoms in total. The summed E-state index contributed by atoms with van der Waals surface area (Å²) in [6.45, 7) is 3.49. The van der Waals surface area contributed by atoms with Crippen molar-refractivity contribution < 1.29 is 9.26 Å².